The molecule has 1 heterocycles. The summed E-state index contributed by atoms with van der Waals surface area (Å²) in [5, 5.41) is 14.2. The first-order valence-corrected chi connectivity index (χ1v) is 15.9. The largest absolute Gasteiger partial charge is 0.391 e. The number of nitrogens with zero attached hydrogens (tertiary/aromatic N) is 1. The van der Waals surface area contributed by atoms with E-state index in [1.54, 1.807) is 24.3 Å². The van der Waals surface area contributed by atoms with E-state index in [4.69, 9.17) is 0 Å². The molecule has 200 valence electrons. The maximum Gasteiger partial charge on any atom is 0.239 e. The quantitative estimate of drug-likeness (QED) is 0.397. The molecule has 0 spiro atoms. The third-order valence-electron chi connectivity index (χ3n) is 7.05. The number of hydrogen-bond acceptors (Lipinski definition) is 7. The van der Waals surface area contributed by atoms with Crippen LogP contribution >= 0.6 is 0 Å². The highest BCUT2D eigenvalue weighted by Crippen LogP contribution is 2.38. The predicted molar refractivity (Wildman–Crippen MR) is 139 cm³/mol. The molecule has 1 amide bonds. The number of aromatic nitrogens is 1. The van der Waals surface area contributed by atoms with Crippen molar-refractivity contribution in [3.05, 3.63) is 36.5 Å². The lowest BCUT2D eigenvalue weighted by atomic mass is 9.89. The van der Waals surface area contributed by atoms with Gasteiger partial charge in [0.15, 0.2) is 9.84 Å². The van der Waals surface area contributed by atoms with E-state index in [1.165, 1.54) is 12.3 Å². The number of aliphatic hydroxyl groups is 1. The zero-order chi connectivity index (χ0) is 26.7. The molecule has 0 aliphatic heterocycles. The van der Waals surface area contributed by atoms with Crippen LogP contribution in [0.3, 0.4) is 0 Å². The van der Waals surface area contributed by atoms with Crippen LogP contribution in [0.15, 0.2) is 41.4 Å². The van der Waals surface area contributed by atoms with Gasteiger partial charge in [-0.1, -0.05) is 39.0 Å². The first-order chi connectivity index (χ1) is 16.8. The second kappa shape index (κ2) is 11.5. The summed E-state index contributed by atoms with van der Waals surface area (Å²) < 4.78 is 52.9. The lowest BCUT2D eigenvalue weighted by Gasteiger charge is -2.28. The molecule has 2 aromatic rings. The monoisotopic (exact) mass is 539 g/mol. The molecular weight excluding hydrogens is 502 g/mol. The Balaban J connectivity index is 1.80. The van der Waals surface area contributed by atoms with Crippen LogP contribution in [0, 0.1) is 17.8 Å². The third kappa shape index (κ3) is 7.24. The molecular formula is C25H37N3O6S2. The second-order valence-corrected chi connectivity index (χ2v) is 14.0. The topological polar surface area (TPSA) is 143 Å². The van der Waals surface area contributed by atoms with Gasteiger partial charge in [0.25, 0.3) is 0 Å². The number of carbonyl (C=O) groups is 1. The van der Waals surface area contributed by atoms with Crippen molar-refractivity contribution in [1.82, 2.24) is 15.0 Å². The molecule has 1 aromatic heterocycles. The standard InChI is InChI=1S/C25H37N3O6S2/c1-5-20(22(29)14-19-13-16(2)12-17(19)3)27-25(30)21(28-35(4,31)32)15-36(33,34)23-10-6-8-18-9-7-11-26-24(18)23/h6-11,16-17,19-22,28-29H,5,12-15H2,1-4H3,(H,27,30). The molecule has 1 aliphatic carbocycles. The molecule has 0 radical (unpaired) electrons. The van der Waals surface area contributed by atoms with Crippen molar-refractivity contribution in [3.63, 3.8) is 0 Å². The van der Waals surface area contributed by atoms with Crippen LogP contribution in [0.4, 0.5) is 0 Å². The van der Waals surface area contributed by atoms with Gasteiger partial charge in [0.1, 0.15) is 6.04 Å². The average Bonchev–Trinajstić information content (AvgIpc) is 3.11. The summed E-state index contributed by atoms with van der Waals surface area (Å²) in [6.07, 6.45) is 4.56. The molecule has 9 nitrogen and oxygen atoms in total. The molecule has 0 saturated heterocycles. The highest BCUT2D eigenvalue weighted by Gasteiger charge is 2.35. The summed E-state index contributed by atoms with van der Waals surface area (Å²) in [5.41, 5.74) is 0.250. The zero-order valence-corrected chi connectivity index (χ0v) is 22.8. The van der Waals surface area contributed by atoms with Gasteiger partial charge in [-0.3, -0.25) is 9.78 Å². The lowest BCUT2D eigenvalue weighted by Crippen LogP contribution is -2.54. The van der Waals surface area contributed by atoms with E-state index in [-0.39, 0.29) is 10.4 Å². The number of nitrogens with one attached hydrogen (secondary N) is 2. The second-order valence-electron chi connectivity index (χ2n) is 10.2. The SMILES string of the molecule is CCC(NC(=O)C(CS(=O)(=O)c1cccc2cccnc12)NS(C)(=O)=O)C(O)CC1CC(C)CC1C. The number of amides is 1. The average molecular weight is 540 g/mol. The van der Waals surface area contributed by atoms with Crippen LogP contribution < -0.4 is 10.0 Å². The maximum absolute atomic E-state index is 13.3. The Labute approximate surface area is 214 Å². The molecule has 1 saturated carbocycles. The van der Waals surface area contributed by atoms with E-state index < -0.39 is 49.7 Å². The number of benzene rings is 1. The van der Waals surface area contributed by atoms with Crippen molar-refractivity contribution in [2.75, 3.05) is 12.0 Å². The molecule has 1 fully saturated rings. The van der Waals surface area contributed by atoms with Gasteiger partial charge < -0.3 is 10.4 Å². The van der Waals surface area contributed by atoms with E-state index >= 15 is 0 Å². The zero-order valence-electron chi connectivity index (χ0n) is 21.2. The Bertz CT molecular complexity index is 1280. The van der Waals surface area contributed by atoms with Crippen LogP contribution in [-0.4, -0.2) is 63.0 Å². The summed E-state index contributed by atoms with van der Waals surface area (Å²) in [6.45, 7) is 6.17. The molecule has 0 bridgehead atoms. The summed E-state index contributed by atoms with van der Waals surface area (Å²) in [5.74, 6) is -0.183. The molecule has 3 N–H and O–H groups in total. The number of rotatable bonds is 11. The van der Waals surface area contributed by atoms with Crippen molar-refractivity contribution >= 4 is 36.7 Å². The molecule has 6 unspecified atom stereocenters. The first-order valence-electron chi connectivity index (χ1n) is 12.3. The number of carbonyl (C=O) groups excluding carboxylic acids is 1. The smallest absolute Gasteiger partial charge is 0.239 e. The van der Waals surface area contributed by atoms with Gasteiger partial charge in [0.2, 0.25) is 15.9 Å². The van der Waals surface area contributed by atoms with Gasteiger partial charge in [-0.25, -0.2) is 21.6 Å². The number of para-hydroxylation sites is 1. The van der Waals surface area contributed by atoms with Crippen molar-refractivity contribution in [3.8, 4) is 0 Å². The van der Waals surface area contributed by atoms with Gasteiger partial charge in [0.05, 0.1) is 34.6 Å². The Hall–Kier alpha value is -2.08. The normalized spacial score (nSPS) is 23.3. The van der Waals surface area contributed by atoms with E-state index in [2.05, 4.69) is 28.9 Å². The fourth-order valence-electron chi connectivity index (χ4n) is 5.29. The maximum atomic E-state index is 13.3. The van der Waals surface area contributed by atoms with Crippen LogP contribution in [0.1, 0.15) is 46.5 Å². The number of aliphatic hydroxyl groups excluding tert-OH is 1. The minimum Gasteiger partial charge on any atom is -0.391 e. The van der Waals surface area contributed by atoms with Gasteiger partial charge in [-0.05, 0) is 55.6 Å². The molecule has 36 heavy (non-hydrogen) atoms. The molecule has 3 rings (SSSR count). The fourth-order valence-corrected chi connectivity index (χ4v) is 7.70. The Morgan fingerprint density at radius 2 is 1.83 bits per heavy atom. The molecule has 1 aromatic carbocycles. The molecule has 11 heteroatoms. The number of hydrogen-bond donors (Lipinski definition) is 3. The van der Waals surface area contributed by atoms with Crippen LogP contribution in [0.5, 0.6) is 0 Å². The van der Waals surface area contributed by atoms with Crippen molar-refractivity contribution in [2.24, 2.45) is 17.8 Å². The number of pyridine rings is 1. The van der Waals surface area contributed by atoms with E-state index in [9.17, 15) is 26.7 Å². The number of sulfonamides is 1. The Morgan fingerprint density at radius 3 is 2.44 bits per heavy atom. The molecule has 6 atom stereocenters. The van der Waals surface area contributed by atoms with E-state index in [1.807, 2.05) is 6.92 Å². The van der Waals surface area contributed by atoms with Crippen LogP contribution in [0.25, 0.3) is 10.9 Å². The first kappa shape index (κ1) is 28.5. The van der Waals surface area contributed by atoms with Crippen LogP contribution in [-0.2, 0) is 24.7 Å². The minimum atomic E-state index is -4.11. The third-order valence-corrected chi connectivity index (χ3v) is 9.53. The van der Waals surface area contributed by atoms with Crippen LogP contribution in [0.2, 0.25) is 0 Å². The van der Waals surface area contributed by atoms with E-state index in [0.29, 0.717) is 36.0 Å². The number of fused-ring (bicyclic) bond motifs is 1. The molecule has 1 aliphatic rings. The summed E-state index contributed by atoms with van der Waals surface area (Å²) in [6, 6.07) is 5.89. The predicted octanol–water partition coefficient (Wildman–Crippen LogP) is 2.25. The summed E-state index contributed by atoms with van der Waals surface area (Å²) in [7, 11) is -8.02. The fraction of sp³-hybridized carbons (Fsp3) is 0.600. The highest BCUT2D eigenvalue weighted by molar-refractivity contribution is 7.92. The number of sulfone groups is 1. The van der Waals surface area contributed by atoms with E-state index in [0.717, 1.165) is 19.1 Å². The van der Waals surface area contributed by atoms with Gasteiger partial charge in [-0.15, -0.1) is 0 Å². The summed E-state index contributed by atoms with van der Waals surface area (Å²) >= 11 is 0. The Kier molecular flexibility index (Phi) is 9.13. The van der Waals surface area contributed by atoms with Crippen molar-refractivity contribution in [1.29, 1.82) is 0 Å². The summed E-state index contributed by atoms with van der Waals surface area (Å²) in [4.78, 5) is 17.3. The minimum absolute atomic E-state index is 0.0786. The van der Waals surface area contributed by atoms with Crippen molar-refractivity contribution < 1.29 is 26.7 Å². The highest BCUT2D eigenvalue weighted by atomic mass is 32.2. The van der Waals surface area contributed by atoms with Crippen molar-refractivity contribution in [2.45, 2.75) is 69.5 Å². The van der Waals surface area contributed by atoms with Gasteiger partial charge in [-0.2, -0.15) is 0 Å². The Morgan fingerprint density at radius 1 is 1.14 bits per heavy atom. The van der Waals surface area contributed by atoms with Gasteiger partial charge in [0, 0.05) is 11.6 Å². The lowest BCUT2D eigenvalue weighted by molar-refractivity contribution is -0.124. The van der Waals surface area contributed by atoms with Gasteiger partial charge >= 0.3 is 0 Å².